The molecule has 0 spiro atoms. The van der Waals surface area contributed by atoms with E-state index in [0.29, 0.717) is 6.04 Å². The first kappa shape index (κ1) is 14.0. The van der Waals surface area contributed by atoms with Crippen LogP contribution in [0, 0.1) is 11.8 Å². The zero-order chi connectivity index (χ0) is 12.1. The van der Waals surface area contributed by atoms with Gasteiger partial charge in [-0.15, -0.1) is 0 Å². The Morgan fingerprint density at radius 3 is 2.50 bits per heavy atom. The molecular formula is C14H30N2. The summed E-state index contributed by atoms with van der Waals surface area (Å²) in [6, 6.07) is 1.43. The summed E-state index contributed by atoms with van der Waals surface area (Å²) in [5.41, 5.74) is 0. The van der Waals surface area contributed by atoms with Gasteiger partial charge in [0, 0.05) is 18.6 Å². The van der Waals surface area contributed by atoms with Crippen molar-refractivity contribution < 1.29 is 0 Å². The van der Waals surface area contributed by atoms with Crippen molar-refractivity contribution in [3.8, 4) is 0 Å². The van der Waals surface area contributed by atoms with Crippen molar-refractivity contribution in [3.63, 3.8) is 0 Å². The van der Waals surface area contributed by atoms with Crippen LogP contribution >= 0.6 is 0 Å². The molecule has 1 fully saturated rings. The van der Waals surface area contributed by atoms with Crippen LogP contribution in [0.1, 0.15) is 46.5 Å². The Hall–Kier alpha value is -0.0800. The van der Waals surface area contributed by atoms with Crippen molar-refractivity contribution in [2.24, 2.45) is 11.8 Å². The minimum Gasteiger partial charge on any atom is -0.312 e. The predicted octanol–water partition coefficient (Wildman–Crippen LogP) is 2.74. The lowest BCUT2D eigenvalue weighted by molar-refractivity contribution is 0.187. The van der Waals surface area contributed by atoms with Crippen molar-refractivity contribution in [2.45, 2.75) is 58.5 Å². The lowest BCUT2D eigenvalue weighted by Crippen LogP contribution is -2.46. The first-order chi connectivity index (χ1) is 7.56. The second-order valence-electron chi connectivity index (χ2n) is 5.81. The maximum atomic E-state index is 3.79. The highest BCUT2D eigenvalue weighted by atomic mass is 15.1. The van der Waals surface area contributed by atoms with E-state index in [1.807, 2.05) is 0 Å². The molecule has 96 valence electrons. The van der Waals surface area contributed by atoms with Crippen molar-refractivity contribution in [3.05, 3.63) is 0 Å². The lowest BCUT2D eigenvalue weighted by atomic mass is 9.78. The number of rotatable bonds is 5. The molecule has 4 unspecified atom stereocenters. The van der Waals surface area contributed by atoms with Gasteiger partial charge in [0.15, 0.2) is 0 Å². The van der Waals surface area contributed by atoms with E-state index in [9.17, 15) is 0 Å². The van der Waals surface area contributed by atoms with Crippen molar-refractivity contribution in [1.82, 2.24) is 10.2 Å². The SMILES string of the molecule is CCC(CNC1CCCC(C)C1C)N(C)C. The van der Waals surface area contributed by atoms with Crippen molar-refractivity contribution >= 4 is 0 Å². The van der Waals surface area contributed by atoms with E-state index in [2.05, 4.69) is 45.1 Å². The van der Waals surface area contributed by atoms with Gasteiger partial charge in [0.2, 0.25) is 0 Å². The molecule has 2 heteroatoms. The van der Waals surface area contributed by atoms with E-state index in [1.54, 1.807) is 0 Å². The van der Waals surface area contributed by atoms with Gasteiger partial charge < -0.3 is 10.2 Å². The van der Waals surface area contributed by atoms with Gasteiger partial charge in [0.1, 0.15) is 0 Å². The maximum Gasteiger partial charge on any atom is 0.0212 e. The van der Waals surface area contributed by atoms with Crippen LogP contribution in [-0.2, 0) is 0 Å². The molecule has 1 saturated carbocycles. The minimum absolute atomic E-state index is 0.685. The number of nitrogens with zero attached hydrogens (tertiary/aromatic N) is 1. The van der Waals surface area contributed by atoms with Gasteiger partial charge in [-0.25, -0.2) is 0 Å². The number of nitrogens with one attached hydrogen (secondary N) is 1. The zero-order valence-corrected chi connectivity index (χ0v) is 11.8. The van der Waals surface area contributed by atoms with Gasteiger partial charge in [-0.3, -0.25) is 0 Å². The molecule has 1 rings (SSSR count). The van der Waals surface area contributed by atoms with E-state index in [0.717, 1.165) is 24.4 Å². The summed E-state index contributed by atoms with van der Waals surface area (Å²) in [6.45, 7) is 8.24. The van der Waals surface area contributed by atoms with Gasteiger partial charge >= 0.3 is 0 Å². The first-order valence-corrected chi connectivity index (χ1v) is 6.96. The molecule has 1 aliphatic carbocycles. The van der Waals surface area contributed by atoms with E-state index < -0.39 is 0 Å². The fourth-order valence-corrected chi connectivity index (χ4v) is 2.85. The Morgan fingerprint density at radius 2 is 1.94 bits per heavy atom. The molecule has 0 aromatic heterocycles. The molecule has 0 radical (unpaired) electrons. The van der Waals surface area contributed by atoms with Crippen LogP contribution in [0.25, 0.3) is 0 Å². The number of likely N-dealkylation sites (N-methyl/N-ethyl adjacent to an activating group) is 1. The van der Waals surface area contributed by atoms with Gasteiger partial charge in [-0.05, 0) is 38.8 Å². The van der Waals surface area contributed by atoms with Gasteiger partial charge in [0.25, 0.3) is 0 Å². The Balaban J connectivity index is 2.35. The molecule has 0 aliphatic heterocycles. The normalized spacial score (nSPS) is 33.0. The molecule has 0 amide bonds. The summed E-state index contributed by atoms with van der Waals surface area (Å²) in [4.78, 5) is 2.34. The second kappa shape index (κ2) is 6.61. The lowest BCUT2D eigenvalue weighted by Gasteiger charge is -2.36. The molecule has 2 nitrogen and oxygen atoms in total. The topological polar surface area (TPSA) is 15.3 Å². The van der Waals surface area contributed by atoms with Gasteiger partial charge in [-0.1, -0.05) is 33.6 Å². The Labute approximate surface area is 102 Å². The van der Waals surface area contributed by atoms with Gasteiger partial charge in [0.05, 0.1) is 0 Å². The largest absolute Gasteiger partial charge is 0.312 e. The van der Waals surface area contributed by atoms with Crippen LogP contribution in [0.2, 0.25) is 0 Å². The van der Waals surface area contributed by atoms with Crippen LogP contribution in [0.15, 0.2) is 0 Å². The Kier molecular flexibility index (Phi) is 5.77. The highest BCUT2D eigenvalue weighted by Gasteiger charge is 2.27. The van der Waals surface area contributed by atoms with Crippen LogP contribution in [-0.4, -0.2) is 37.6 Å². The molecule has 0 aromatic rings. The number of hydrogen-bond donors (Lipinski definition) is 1. The Bertz CT molecular complexity index is 191. The molecular weight excluding hydrogens is 196 g/mol. The molecule has 0 bridgehead atoms. The average Bonchev–Trinajstić information content (AvgIpc) is 2.24. The molecule has 16 heavy (non-hydrogen) atoms. The third kappa shape index (κ3) is 3.74. The molecule has 0 saturated heterocycles. The smallest absolute Gasteiger partial charge is 0.0212 e. The van der Waals surface area contributed by atoms with E-state index in [-0.39, 0.29) is 0 Å². The molecule has 1 aliphatic rings. The van der Waals surface area contributed by atoms with Crippen LogP contribution < -0.4 is 5.32 Å². The molecule has 0 heterocycles. The second-order valence-corrected chi connectivity index (χ2v) is 5.81. The summed E-state index contributed by atoms with van der Waals surface area (Å²) >= 11 is 0. The van der Waals surface area contributed by atoms with Crippen LogP contribution in [0.3, 0.4) is 0 Å². The number of hydrogen-bond acceptors (Lipinski definition) is 2. The quantitative estimate of drug-likeness (QED) is 0.775. The molecule has 1 N–H and O–H groups in total. The fourth-order valence-electron chi connectivity index (χ4n) is 2.85. The summed E-state index contributed by atoms with van der Waals surface area (Å²) in [5.74, 6) is 1.74. The first-order valence-electron chi connectivity index (χ1n) is 6.96. The van der Waals surface area contributed by atoms with Crippen molar-refractivity contribution in [1.29, 1.82) is 0 Å². The van der Waals surface area contributed by atoms with E-state index in [4.69, 9.17) is 0 Å². The third-order valence-corrected chi connectivity index (χ3v) is 4.52. The highest BCUT2D eigenvalue weighted by Crippen LogP contribution is 2.29. The molecule has 4 atom stereocenters. The van der Waals surface area contributed by atoms with Crippen LogP contribution in [0.4, 0.5) is 0 Å². The maximum absolute atomic E-state index is 3.79. The summed E-state index contributed by atoms with van der Waals surface area (Å²) < 4.78 is 0. The highest BCUT2D eigenvalue weighted by molar-refractivity contribution is 4.83. The monoisotopic (exact) mass is 226 g/mol. The predicted molar refractivity (Wildman–Crippen MR) is 71.7 cm³/mol. The summed E-state index contributed by atoms with van der Waals surface area (Å²) in [7, 11) is 4.37. The minimum atomic E-state index is 0.685. The Morgan fingerprint density at radius 1 is 1.25 bits per heavy atom. The standard InChI is InChI=1S/C14H30N2/c1-6-13(16(4)5)10-15-14-9-7-8-11(2)12(14)3/h11-15H,6-10H2,1-5H3. The summed E-state index contributed by atoms with van der Waals surface area (Å²) in [6.07, 6.45) is 5.43. The summed E-state index contributed by atoms with van der Waals surface area (Å²) in [5, 5.41) is 3.79. The zero-order valence-electron chi connectivity index (χ0n) is 11.8. The fraction of sp³-hybridized carbons (Fsp3) is 1.00. The van der Waals surface area contributed by atoms with E-state index >= 15 is 0 Å². The molecule has 0 aromatic carbocycles. The average molecular weight is 226 g/mol. The van der Waals surface area contributed by atoms with Crippen molar-refractivity contribution in [2.75, 3.05) is 20.6 Å². The van der Waals surface area contributed by atoms with Gasteiger partial charge in [-0.2, -0.15) is 0 Å². The van der Waals surface area contributed by atoms with E-state index in [1.165, 1.54) is 25.7 Å². The van der Waals surface area contributed by atoms with Crippen LogP contribution in [0.5, 0.6) is 0 Å². The third-order valence-electron chi connectivity index (χ3n) is 4.52.